The second-order valence-electron chi connectivity index (χ2n) is 3.87. The summed E-state index contributed by atoms with van der Waals surface area (Å²) in [6, 6.07) is 8.45. The highest BCUT2D eigenvalue weighted by Crippen LogP contribution is 2.14. The molecule has 2 rings (SSSR count). The Hall–Kier alpha value is -0.130. The zero-order chi connectivity index (χ0) is 10.5. The summed E-state index contributed by atoms with van der Waals surface area (Å²) in [5, 5.41) is 0. The number of ether oxygens (including phenoxy) is 2. The molecule has 1 aliphatic rings. The average molecular weight is 318 g/mol. The van der Waals surface area contributed by atoms with E-state index >= 15 is 0 Å². The Morgan fingerprint density at radius 2 is 2.13 bits per heavy atom. The Labute approximate surface area is 104 Å². The van der Waals surface area contributed by atoms with Gasteiger partial charge in [0.25, 0.3) is 0 Å². The van der Waals surface area contributed by atoms with Gasteiger partial charge in [-0.15, -0.1) is 0 Å². The summed E-state index contributed by atoms with van der Waals surface area (Å²) in [5.74, 6) is 0.605. The van der Waals surface area contributed by atoms with Crippen LogP contribution in [-0.2, 0) is 16.1 Å². The SMILES string of the molecule is Ic1ccc(COCC2CCOC2)cc1. The Kier molecular flexibility index (Phi) is 4.41. The van der Waals surface area contributed by atoms with Gasteiger partial charge in [0, 0.05) is 16.1 Å². The highest BCUT2D eigenvalue weighted by molar-refractivity contribution is 14.1. The first-order valence-electron chi connectivity index (χ1n) is 5.24. The maximum absolute atomic E-state index is 5.66. The van der Waals surface area contributed by atoms with E-state index < -0.39 is 0 Å². The molecule has 0 saturated carbocycles. The molecule has 0 bridgehead atoms. The van der Waals surface area contributed by atoms with Crippen molar-refractivity contribution in [3.05, 3.63) is 33.4 Å². The predicted octanol–water partition coefficient (Wildman–Crippen LogP) is 2.84. The first kappa shape index (κ1) is 11.4. The van der Waals surface area contributed by atoms with Crippen LogP contribution in [0.25, 0.3) is 0 Å². The molecule has 1 unspecified atom stereocenters. The highest BCUT2D eigenvalue weighted by Gasteiger charge is 2.15. The van der Waals surface area contributed by atoms with Crippen molar-refractivity contribution in [1.29, 1.82) is 0 Å². The summed E-state index contributed by atoms with van der Waals surface area (Å²) in [4.78, 5) is 0. The molecular weight excluding hydrogens is 303 g/mol. The van der Waals surface area contributed by atoms with Crippen molar-refractivity contribution >= 4 is 22.6 Å². The second-order valence-corrected chi connectivity index (χ2v) is 5.12. The zero-order valence-electron chi connectivity index (χ0n) is 8.62. The van der Waals surface area contributed by atoms with Crippen LogP contribution in [0.2, 0.25) is 0 Å². The van der Waals surface area contributed by atoms with Crippen LogP contribution < -0.4 is 0 Å². The van der Waals surface area contributed by atoms with Crippen molar-refractivity contribution in [2.75, 3.05) is 19.8 Å². The van der Waals surface area contributed by atoms with E-state index in [4.69, 9.17) is 9.47 Å². The molecule has 1 aromatic carbocycles. The van der Waals surface area contributed by atoms with Crippen LogP contribution in [0.1, 0.15) is 12.0 Å². The van der Waals surface area contributed by atoms with Gasteiger partial charge >= 0.3 is 0 Å². The van der Waals surface area contributed by atoms with E-state index in [1.807, 2.05) is 0 Å². The third kappa shape index (κ3) is 3.74. The van der Waals surface area contributed by atoms with Gasteiger partial charge in [-0.05, 0) is 46.7 Å². The number of hydrogen-bond donors (Lipinski definition) is 0. The van der Waals surface area contributed by atoms with Gasteiger partial charge in [0.1, 0.15) is 0 Å². The predicted molar refractivity (Wildman–Crippen MR) is 67.7 cm³/mol. The molecule has 0 N–H and O–H groups in total. The number of benzene rings is 1. The summed E-state index contributed by atoms with van der Waals surface area (Å²) < 4.78 is 12.2. The topological polar surface area (TPSA) is 18.5 Å². The van der Waals surface area contributed by atoms with Crippen LogP contribution in [0.4, 0.5) is 0 Å². The fraction of sp³-hybridized carbons (Fsp3) is 0.500. The molecule has 2 nitrogen and oxygen atoms in total. The van der Waals surface area contributed by atoms with Gasteiger partial charge < -0.3 is 9.47 Å². The van der Waals surface area contributed by atoms with Gasteiger partial charge in [0.2, 0.25) is 0 Å². The molecule has 1 aliphatic heterocycles. The van der Waals surface area contributed by atoms with Crippen molar-refractivity contribution in [1.82, 2.24) is 0 Å². The Morgan fingerprint density at radius 3 is 2.80 bits per heavy atom. The van der Waals surface area contributed by atoms with Gasteiger partial charge in [0.05, 0.1) is 19.8 Å². The van der Waals surface area contributed by atoms with Crippen molar-refractivity contribution < 1.29 is 9.47 Å². The normalized spacial score (nSPS) is 20.7. The molecule has 1 heterocycles. The average Bonchev–Trinajstić information content (AvgIpc) is 2.74. The van der Waals surface area contributed by atoms with Gasteiger partial charge in [-0.1, -0.05) is 12.1 Å². The fourth-order valence-corrected chi connectivity index (χ4v) is 2.00. The van der Waals surface area contributed by atoms with Gasteiger partial charge in [0.15, 0.2) is 0 Å². The quantitative estimate of drug-likeness (QED) is 0.795. The van der Waals surface area contributed by atoms with Crippen LogP contribution in [-0.4, -0.2) is 19.8 Å². The Balaban J connectivity index is 1.71. The molecule has 15 heavy (non-hydrogen) atoms. The zero-order valence-corrected chi connectivity index (χ0v) is 10.8. The Morgan fingerprint density at radius 1 is 1.33 bits per heavy atom. The van der Waals surface area contributed by atoms with Crippen molar-refractivity contribution in [2.45, 2.75) is 13.0 Å². The lowest BCUT2D eigenvalue weighted by Gasteiger charge is -2.08. The van der Waals surface area contributed by atoms with E-state index in [1.165, 1.54) is 9.13 Å². The smallest absolute Gasteiger partial charge is 0.0717 e. The molecular formula is C12H15IO2. The molecule has 1 fully saturated rings. The van der Waals surface area contributed by atoms with Crippen LogP contribution in [0.15, 0.2) is 24.3 Å². The number of hydrogen-bond acceptors (Lipinski definition) is 2. The van der Waals surface area contributed by atoms with Crippen molar-refractivity contribution in [3.63, 3.8) is 0 Å². The first-order chi connectivity index (χ1) is 7.34. The summed E-state index contributed by atoms with van der Waals surface area (Å²) >= 11 is 2.31. The molecule has 0 radical (unpaired) electrons. The first-order valence-corrected chi connectivity index (χ1v) is 6.32. The van der Waals surface area contributed by atoms with Crippen LogP contribution in [0.3, 0.4) is 0 Å². The summed E-state index contributed by atoms with van der Waals surface area (Å²) in [5.41, 5.74) is 1.24. The third-order valence-electron chi connectivity index (χ3n) is 2.56. The molecule has 0 spiro atoms. The monoisotopic (exact) mass is 318 g/mol. The molecule has 3 heteroatoms. The van der Waals surface area contributed by atoms with Crippen molar-refractivity contribution in [2.24, 2.45) is 5.92 Å². The summed E-state index contributed by atoms with van der Waals surface area (Å²) in [6.45, 7) is 3.31. The molecule has 1 atom stereocenters. The minimum atomic E-state index is 0.605. The van der Waals surface area contributed by atoms with Crippen LogP contribution in [0.5, 0.6) is 0 Å². The van der Waals surface area contributed by atoms with Crippen LogP contribution in [0, 0.1) is 9.49 Å². The van der Waals surface area contributed by atoms with Gasteiger partial charge in [-0.3, -0.25) is 0 Å². The molecule has 1 aromatic rings. The number of halogens is 1. The fourth-order valence-electron chi connectivity index (χ4n) is 1.64. The minimum absolute atomic E-state index is 0.605. The second kappa shape index (κ2) is 5.82. The lowest BCUT2D eigenvalue weighted by atomic mass is 10.1. The van der Waals surface area contributed by atoms with E-state index in [0.717, 1.165) is 26.2 Å². The van der Waals surface area contributed by atoms with E-state index in [1.54, 1.807) is 0 Å². The summed E-state index contributed by atoms with van der Waals surface area (Å²) in [7, 11) is 0. The maximum atomic E-state index is 5.66. The maximum Gasteiger partial charge on any atom is 0.0717 e. The summed E-state index contributed by atoms with van der Waals surface area (Å²) in [6.07, 6.45) is 1.15. The minimum Gasteiger partial charge on any atom is -0.381 e. The van der Waals surface area contributed by atoms with Crippen LogP contribution >= 0.6 is 22.6 Å². The molecule has 82 valence electrons. The highest BCUT2D eigenvalue weighted by atomic mass is 127. The van der Waals surface area contributed by atoms with Gasteiger partial charge in [-0.2, -0.15) is 0 Å². The molecule has 0 aromatic heterocycles. The van der Waals surface area contributed by atoms with E-state index in [2.05, 4.69) is 46.9 Å². The Bertz CT molecular complexity index is 291. The third-order valence-corrected chi connectivity index (χ3v) is 3.28. The lowest BCUT2D eigenvalue weighted by Crippen LogP contribution is -2.09. The van der Waals surface area contributed by atoms with Crippen molar-refractivity contribution in [3.8, 4) is 0 Å². The number of rotatable bonds is 4. The standard InChI is InChI=1S/C12H15IO2/c13-12-3-1-10(2-4-12)7-15-9-11-5-6-14-8-11/h1-4,11H,5-9H2. The molecule has 0 amide bonds. The molecule has 0 aliphatic carbocycles. The van der Waals surface area contributed by atoms with E-state index in [9.17, 15) is 0 Å². The largest absolute Gasteiger partial charge is 0.381 e. The van der Waals surface area contributed by atoms with E-state index in [-0.39, 0.29) is 0 Å². The van der Waals surface area contributed by atoms with Gasteiger partial charge in [-0.25, -0.2) is 0 Å². The van der Waals surface area contributed by atoms with E-state index in [0.29, 0.717) is 12.5 Å². The lowest BCUT2D eigenvalue weighted by molar-refractivity contribution is 0.0791. The molecule has 1 saturated heterocycles.